The Kier molecular flexibility index (Phi) is 6.61. The van der Waals surface area contributed by atoms with Gasteiger partial charge in [0.15, 0.2) is 0 Å². The number of nitro groups is 2. The highest BCUT2D eigenvalue weighted by Crippen LogP contribution is 2.25. The zero-order chi connectivity index (χ0) is 22.6. The van der Waals surface area contributed by atoms with Crippen LogP contribution in [0.15, 0.2) is 47.4 Å². The molecule has 1 N–H and O–H groups in total. The Hall–Kier alpha value is -3.38. The van der Waals surface area contributed by atoms with E-state index in [1.54, 1.807) is 0 Å². The Morgan fingerprint density at radius 3 is 1.87 bits per heavy atom. The average Bonchev–Trinajstić information content (AvgIpc) is 3.04. The number of anilines is 1. The van der Waals surface area contributed by atoms with Crippen molar-refractivity contribution in [3.05, 3.63) is 68.3 Å². The number of amides is 1. The summed E-state index contributed by atoms with van der Waals surface area (Å²) in [6, 6.07) is 8.15. The molecule has 2 aromatic rings. The van der Waals surface area contributed by atoms with E-state index in [2.05, 4.69) is 5.32 Å². The van der Waals surface area contributed by atoms with Crippen LogP contribution >= 0.6 is 0 Å². The van der Waals surface area contributed by atoms with Gasteiger partial charge in [-0.25, -0.2) is 8.42 Å². The van der Waals surface area contributed by atoms with Crippen molar-refractivity contribution in [1.82, 2.24) is 4.31 Å². The van der Waals surface area contributed by atoms with Crippen molar-refractivity contribution in [3.63, 3.8) is 0 Å². The van der Waals surface area contributed by atoms with E-state index in [-0.39, 0.29) is 16.1 Å². The number of carbonyl (C=O) groups excluding carboxylic acids is 1. The van der Waals surface area contributed by atoms with E-state index in [4.69, 9.17) is 0 Å². The van der Waals surface area contributed by atoms with Crippen molar-refractivity contribution >= 4 is 33.0 Å². The van der Waals surface area contributed by atoms with Gasteiger partial charge in [-0.15, -0.1) is 0 Å². The summed E-state index contributed by atoms with van der Waals surface area (Å²) in [7, 11) is -3.64. The number of hydrogen-bond donors (Lipinski definition) is 1. The molecule has 0 saturated carbocycles. The Morgan fingerprint density at radius 1 is 0.871 bits per heavy atom. The lowest BCUT2D eigenvalue weighted by Crippen LogP contribution is -2.31. The number of carbonyl (C=O) groups is 1. The largest absolute Gasteiger partial charge is 0.322 e. The molecule has 1 aliphatic heterocycles. The first-order valence-electron chi connectivity index (χ1n) is 9.54. The third kappa shape index (κ3) is 5.22. The number of rotatable bonds is 6. The Labute approximate surface area is 178 Å². The fourth-order valence-electron chi connectivity index (χ4n) is 3.28. The molecular weight excluding hydrogens is 428 g/mol. The van der Waals surface area contributed by atoms with Crippen LogP contribution in [0.25, 0.3) is 0 Å². The van der Waals surface area contributed by atoms with Crippen molar-refractivity contribution in [2.45, 2.75) is 30.6 Å². The van der Waals surface area contributed by atoms with Crippen LogP contribution in [0.1, 0.15) is 36.0 Å². The quantitative estimate of drug-likeness (QED) is 0.525. The molecule has 0 unspecified atom stereocenters. The second-order valence-corrected chi connectivity index (χ2v) is 8.99. The predicted octanol–water partition coefficient (Wildman–Crippen LogP) is 3.32. The number of non-ortho nitro benzene ring substituents is 2. The summed E-state index contributed by atoms with van der Waals surface area (Å²) < 4.78 is 27.1. The van der Waals surface area contributed by atoms with Gasteiger partial charge in [0.2, 0.25) is 10.0 Å². The molecule has 0 radical (unpaired) electrons. The van der Waals surface area contributed by atoms with Gasteiger partial charge < -0.3 is 5.32 Å². The van der Waals surface area contributed by atoms with Gasteiger partial charge in [0.1, 0.15) is 0 Å². The summed E-state index contributed by atoms with van der Waals surface area (Å²) in [6.45, 7) is 0.929. The second kappa shape index (κ2) is 9.18. The predicted molar refractivity (Wildman–Crippen MR) is 111 cm³/mol. The van der Waals surface area contributed by atoms with Gasteiger partial charge in [-0.2, -0.15) is 4.31 Å². The summed E-state index contributed by atoms with van der Waals surface area (Å²) in [5.41, 5.74) is -1.19. The van der Waals surface area contributed by atoms with E-state index in [1.807, 2.05) is 0 Å². The highest BCUT2D eigenvalue weighted by atomic mass is 32.2. The molecule has 2 aromatic carbocycles. The highest BCUT2D eigenvalue weighted by Gasteiger charge is 2.25. The molecule has 11 nitrogen and oxygen atoms in total. The van der Waals surface area contributed by atoms with Crippen LogP contribution in [0, 0.1) is 20.2 Å². The molecule has 0 bridgehead atoms. The lowest BCUT2D eigenvalue weighted by molar-refractivity contribution is -0.394. The number of benzene rings is 2. The molecule has 12 heteroatoms. The third-order valence-electron chi connectivity index (χ3n) is 4.90. The summed E-state index contributed by atoms with van der Waals surface area (Å²) in [4.78, 5) is 32.9. The monoisotopic (exact) mass is 448 g/mol. The van der Waals surface area contributed by atoms with Gasteiger partial charge in [0.25, 0.3) is 17.3 Å². The lowest BCUT2D eigenvalue weighted by Gasteiger charge is -2.20. The molecule has 1 heterocycles. The highest BCUT2D eigenvalue weighted by molar-refractivity contribution is 7.89. The molecule has 3 rings (SSSR count). The number of sulfonamides is 1. The second-order valence-electron chi connectivity index (χ2n) is 7.05. The summed E-state index contributed by atoms with van der Waals surface area (Å²) in [5, 5.41) is 24.4. The zero-order valence-electron chi connectivity index (χ0n) is 16.4. The van der Waals surface area contributed by atoms with E-state index in [1.165, 1.54) is 28.6 Å². The van der Waals surface area contributed by atoms with Gasteiger partial charge in [0, 0.05) is 30.9 Å². The first-order chi connectivity index (χ1) is 14.7. The summed E-state index contributed by atoms with van der Waals surface area (Å²) >= 11 is 0. The number of nitrogens with zero attached hydrogens (tertiary/aromatic N) is 3. The van der Waals surface area contributed by atoms with Gasteiger partial charge in [-0.3, -0.25) is 25.0 Å². The van der Waals surface area contributed by atoms with Gasteiger partial charge in [-0.05, 0) is 37.1 Å². The number of hydrogen-bond acceptors (Lipinski definition) is 7. The van der Waals surface area contributed by atoms with E-state index < -0.39 is 37.2 Å². The molecule has 164 valence electrons. The topological polar surface area (TPSA) is 153 Å². The van der Waals surface area contributed by atoms with Gasteiger partial charge in [0.05, 0.1) is 26.4 Å². The third-order valence-corrected chi connectivity index (χ3v) is 6.81. The molecule has 0 aromatic heterocycles. The zero-order valence-corrected chi connectivity index (χ0v) is 17.2. The van der Waals surface area contributed by atoms with Crippen LogP contribution in [0.5, 0.6) is 0 Å². The van der Waals surface area contributed by atoms with Gasteiger partial charge in [-0.1, -0.05) is 12.8 Å². The smallest absolute Gasteiger partial charge is 0.277 e. The minimum absolute atomic E-state index is 0.0957. The molecular formula is C19H20N4O7S. The maximum absolute atomic E-state index is 12.8. The molecule has 1 fully saturated rings. The van der Waals surface area contributed by atoms with Crippen LogP contribution in [-0.2, 0) is 10.0 Å². The SMILES string of the molecule is O=C(Nc1ccc(S(=O)(=O)N2CCCCCC2)cc1)c1cc([N+](=O)[O-])cc([N+](=O)[O-])c1. The fraction of sp³-hybridized carbons (Fsp3) is 0.316. The van der Waals surface area contributed by atoms with Crippen LogP contribution < -0.4 is 5.32 Å². The normalized spacial score (nSPS) is 15.1. The Balaban J connectivity index is 1.79. The van der Waals surface area contributed by atoms with Crippen LogP contribution in [0.2, 0.25) is 0 Å². The van der Waals surface area contributed by atoms with Crippen molar-refractivity contribution in [2.24, 2.45) is 0 Å². The van der Waals surface area contributed by atoms with Crippen molar-refractivity contribution < 1.29 is 23.1 Å². The molecule has 1 amide bonds. The Morgan fingerprint density at radius 2 is 1.39 bits per heavy atom. The van der Waals surface area contributed by atoms with Crippen molar-refractivity contribution in [2.75, 3.05) is 18.4 Å². The fourth-order valence-corrected chi connectivity index (χ4v) is 4.80. The van der Waals surface area contributed by atoms with E-state index in [9.17, 15) is 33.4 Å². The Bertz CT molecular complexity index is 1080. The first kappa shape index (κ1) is 22.3. The molecule has 0 spiro atoms. The van der Waals surface area contributed by atoms with E-state index in [0.29, 0.717) is 13.1 Å². The summed E-state index contributed by atoms with van der Waals surface area (Å²) in [5.74, 6) is -0.796. The molecule has 0 aliphatic carbocycles. The number of nitro benzene ring substituents is 2. The molecule has 0 atom stereocenters. The lowest BCUT2D eigenvalue weighted by atomic mass is 10.1. The standard InChI is InChI=1S/C19H20N4O7S/c24-19(14-11-16(22(25)26)13-17(12-14)23(27)28)20-15-5-7-18(8-6-15)31(29,30)21-9-3-1-2-4-10-21/h5-8,11-13H,1-4,9-10H2,(H,20,24). The van der Waals surface area contributed by atoms with Crippen LogP contribution in [-0.4, -0.2) is 41.6 Å². The first-order valence-corrected chi connectivity index (χ1v) is 11.0. The van der Waals surface area contributed by atoms with Crippen molar-refractivity contribution in [3.8, 4) is 0 Å². The average molecular weight is 448 g/mol. The maximum Gasteiger partial charge on any atom is 0.277 e. The van der Waals surface area contributed by atoms with E-state index in [0.717, 1.165) is 43.9 Å². The minimum atomic E-state index is -3.64. The van der Waals surface area contributed by atoms with E-state index >= 15 is 0 Å². The maximum atomic E-state index is 12.8. The van der Waals surface area contributed by atoms with Crippen molar-refractivity contribution in [1.29, 1.82) is 0 Å². The molecule has 1 saturated heterocycles. The molecule has 31 heavy (non-hydrogen) atoms. The van der Waals surface area contributed by atoms with Gasteiger partial charge >= 0.3 is 0 Å². The van der Waals surface area contributed by atoms with Crippen LogP contribution in [0.3, 0.4) is 0 Å². The molecule has 1 aliphatic rings. The minimum Gasteiger partial charge on any atom is -0.322 e. The summed E-state index contributed by atoms with van der Waals surface area (Å²) in [6.07, 6.45) is 3.60. The number of nitrogens with one attached hydrogen (secondary N) is 1. The van der Waals surface area contributed by atoms with Crippen LogP contribution in [0.4, 0.5) is 17.1 Å².